The normalized spacial score (nSPS) is 16.8. The summed E-state index contributed by atoms with van der Waals surface area (Å²) in [7, 11) is 0. The number of amides is 2. The van der Waals surface area contributed by atoms with Crippen molar-refractivity contribution in [1.82, 2.24) is 9.80 Å². The number of nitrogens with zero attached hydrogens (tertiary/aromatic N) is 2. The van der Waals surface area contributed by atoms with E-state index >= 15 is 0 Å². The summed E-state index contributed by atoms with van der Waals surface area (Å²) in [5, 5.41) is -0.596. The molecule has 0 aromatic rings. The Balaban J connectivity index is 2.28. The van der Waals surface area contributed by atoms with Gasteiger partial charge in [-0.25, -0.2) is 4.79 Å². The Hall–Kier alpha value is -1.44. The minimum Gasteiger partial charge on any atom is -0.445 e. The lowest BCUT2D eigenvalue weighted by Crippen LogP contribution is -2.49. The van der Waals surface area contributed by atoms with Crippen molar-refractivity contribution in [1.29, 1.82) is 0 Å². The molecule has 0 radical (unpaired) electrons. The maximum absolute atomic E-state index is 11.8. The molecule has 1 rings (SSSR count). The molecule has 0 atom stereocenters. The van der Waals surface area contributed by atoms with Gasteiger partial charge in [-0.05, 0) is 17.7 Å². The highest BCUT2D eigenvalue weighted by molar-refractivity contribution is 6.62. The van der Waals surface area contributed by atoms with Crippen LogP contribution in [0.2, 0.25) is 0 Å². The molecule has 1 heterocycles. The zero-order valence-electron chi connectivity index (χ0n) is 9.82. The second-order valence-corrected chi connectivity index (χ2v) is 4.07. The van der Waals surface area contributed by atoms with E-state index in [0.29, 0.717) is 0 Å². The Bertz CT molecular complexity index is 366. The van der Waals surface area contributed by atoms with Gasteiger partial charge < -0.3 is 14.5 Å². The smallest absolute Gasteiger partial charge is 0.410 e. The SMILES string of the molecule is O=C(Cl)N1CCN(C(=O)OCC=CC(F)(F)F)CC1. The molecule has 2 amide bonds. The van der Waals surface area contributed by atoms with Crippen LogP contribution in [0.25, 0.3) is 0 Å². The fraction of sp³-hybridized carbons (Fsp3) is 0.600. The Morgan fingerprint density at radius 3 is 2.16 bits per heavy atom. The van der Waals surface area contributed by atoms with Gasteiger partial charge >= 0.3 is 17.6 Å². The van der Waals surface area contributed by atoms with Crippen molar-refractivity contribution in [3.8, 4) is 0 Å². The zero-order chi connectivity index (χ0) is 14.5. The first-order valence-corrected chi connectivity index (χ1v) is 5.78. The van der Waals surface area contributed by atoms with Gasteiger partial charge in [0.2, 0.25) is 0 Å². The van der Waals surface area contributed by atoms with Crippen LogP contribution in [0.3, 0.4) is 0 Å². The summed E-state index contributed by atoms with van der Waals surface area (Å²) in [6.45, 7) is 0.569. The van der Waals surface area contributed by atoms with Gasteiger partial charge in [-0.3, -0.25) is 4.79 Å². The second kappa shape index (κ2) is 6.65. The molecule has 0 saturated carbocycles. The van der Waals surface area contributed by atoms with Gasteiger partial charge in [-0.1, -0.05) is 0 Å². The molecule has 0 unspecified atom stereocenters. The minimum absolute atomic E-state index is 0.00435. The summed E-state index contributed by atoms with van der Waals surface area (Å²) >= 11 is 5.27. The van der Waals surface area contributed by atoms with E-state index < -0.39 is 24.2 Å². The molecule has 19 heavy (non-hydrogen) atoms. The third-order valence-electron chi connectivity index (χ3n) is 2.40. The number of alkyl halides is 3. The molecule has 0 aromatic heterocycles. The maximum Gasteiger partial charge on any atom is 0.410 e. The van der Waals surface area contributed by atoms with E-state index in [-0.39, 0.29) is 32.3 Å². The van der Waals surface area contributed by atoms with E-state index in [0.717, 1.165) is 6.08 Å². The average Bonchev–Trinajstić information content (AvgIpc) is 2.33. The van der Waals surface area contributed by atoms with E-state index in [9.17, 15) is 22.8 Å². The topological polar surface area (TPSA) is 49.9 Å². The third-order valence-corrected chi connectivity index (χ3v) is 2.64. The molecule has 0 aromatic carbocycles. The summed E-state index contributed by atoms with van der Waals surface area (Å²) in [5.41, 5.74) is 0. The number of hydrogen-bond donors (Lipinski definition) is 0. The van der Waals surface area contributed by atoms with Gasteiger partial charge in [-0.15, -0.1) is 0 Å². The van der Waals surface area contributed by atoms with Crippen molar-refractivity contribution >= 4 is 23.1 Å². The molecule has 5 nitrogen and oxygen atoms in total. The van der Waals surface area contributed by atoms with Crippen LogP contribution in [0.4, 0.5) is 22.8 Å². The van der Waals surface area contributed by atoms with Gasteiger partial charge in [0, 0.05) is 32.3 Å². The molecular weight excluding hydrogens is 289 g/mol. The van der Waals surface area contributed by atoms with Crippen molar-refractivity contribution in [2.45, 2.75) is 6.18 Å². The van der Waals surface area contributed by atoms with Crippen LogP contribution in [0.5, 0.6) is 0 Å². The first kappa shape index (κ1) is 15.6. The molecule has 108 valence electrons. The largest absolute Gasteiger partial charge is 0.445 e. The van der Waals surface area contributed by atoms with E-state index in [1.807, 2.05) is 0 Å². The lowest BCUT2D eigenvalue weighted by Gasteiger charge is -2.32. The van der Waals surface area contributed by atoms with Crippen LogP contribution >= 0.6 is 11.6 Å². The quantitative estimate of drug-likeness (QED) is 0.446. The summed E-state index contributed by atoms with van der Waals surface area (Å²) in [5.74, 6) is 0. The number of piperazine rings is 1. The Morgan fingerprint density at radius 2 is 1.68 bits per heavy atom. The predicted octanol–water partition coefficient (Wildman–Crippen LogP) is 2.22. The molecular formula is C10H12ClF3N2O3. The average molecular weight is 301 g/mol. The first-order chi connectivity index (χ1) is 8.79. The fourth-order valence-corrected chi connectivity index (χ4v) is 1.63. The summed E-state index contributed by atoms with van der Waals surface area (Å²) in [4.78, 5) is 24.9. The number of carbonyl (C=O) groups excluding carboxylic acids is 2. The van der Waals surface area contributed by atoms with Crippen LogP contribution in [-0.2, 0) is 4.74 Å². The van der Waals surface area contributed by atoms with Crippen molar-refractivity contribution < 1.29 is 27.5 Å². The molecule has 0 N–H and O–H groups in total. The zero-order valence-corrected chi connectivity index (χ0v) is 10.6. The van der Waals surface area contributed by atoms with E-state index in [2.05, 4.69) is 4.74 Å². The highest BCUT2D eigenvalue weighted by atomic mass is 35.5. The van der Waals surface area contributed by atoms with E-state index in [4.69, 9.17) is 11.6 Å². The van der Waals surface area contributed by atoms with Gasteiger partial charge in [0.25, 0.3) is 0 Å². The summed E-state index contributed by atoms with van der Waals surface area (Å²) in [6, 6.07) is 0. The maximum atomic E-state index is 11.8. The highest BCUT2D eigenvalue weighted by Crippen LogP contribution is 2.15. The monoisotopic (exact) mass is 300 g/mol. The van der Waals surface area contributed by atoms with E-state index in [1.165, 1.54) is 9.80 Å². The van der Waals surface area contributed by atoms with Gasteiger partial charge in [0.15, 0.2) is 0 Å². The Labute approximate surface area is 112 Å². The summed E-state index contributed by atoms with van der Waals surface area (Å²) in [6.07, 6.45) is -4.41. The number of allylic oxidation sites excluding steroid dienone is 1. The molecule has 1 aliphatic heterocycles. The third kappa shape index (κ3) is 5.82. The number of ether oxygens (including phenoxy) is 1. The first-order valence-electron chi connectivity index (χ1n) is 5.40. The van der Waals surface area contributed by atoms with Crippen LogP contribution in [0, 0.1) is 0 Å². The second-order valence-electron chi connectivity index (χ2n) is 3.75. The van der Waals surface area contributed by atoms with Gasteiger partial charge in [-0.2, -0.15) is 13.2 Å². The number of rotatable bonds is 2. The molecule has 1 fully saturated rings. The number of carbonyl (C=O) groups is 2. The lowest BCUT2D eigenvalue weighted by molar-refractivity contribution is -0.0802. The Morgan fingerprint density at radius 1 is 1.16 bits per heavy atom. The van der Waals surface area contributed by atoms with Crippen molar-refractivity contribution in [2.24, 2.45) is 0 Å². The fourth-order valence-electron chi connectivity index (χ4n) is 1.46. The van der Waals surface area contributed by atoms with E-state index in [1.54, 1.807) is 0 Å². The molecule has 1 aliphatic rings. The molecule has 0 spiro atoms. The number of hydrogen-bond acceptors (Lipinski definition) is 3. The van der Waals surface area contributed by atoms with Crippen LogP contribution in [0.15, 0.2) is 12.2 Å². The van der Waals surface area contributed by atoms with Crippen molar-refractivity contribution in [2.75, 3.05) is 32.8 Å². The molecule has 1 saturated heterocycles. The standard InChI is InChI=1S/C10H12ClF3N2O3/c11-8(17)15-3-5-16(6-4-15)9(18)19-7-1-2-10(12,13)14/h1-2H,3-7H2. The highest BCUT2D eigenvalue weighted by Gasteiger charge is 2.24. The van der Waals surface area contributed by atoms with Crippen LogP contribution in [0.1, 0.15) is 0 Å². The van der Waals surface area contributed by atoms with Crippen molar-refractivity contribution in [3.05, 3.63) is 12.2 Å². The molecule has 9 heteroatoms. The van der Waals surface area contributed by atoms with Crippen LogP contribution < -0.4 is 0 Å². The van der Waals surface area contributed by atoms with Gasteiger partial charge in [0.1, 0.15) is 6.61 Å². The summed E-state index contributed by atoms with van der Waals surface area (Å²) < 4.78 is 39.9. The molecule has 0 aliphatic carbocycles. The van der Waals surface area contributed by atoms with Crippen LogP contribution in [-0.4, -0.2) is 60.2 Å². The predicted molar refractivity (Wildman–Crippen MR) is 60.9 cm³/mol. The minimum atomic E-state index is -4.42. The van der Waals surface area contributed by atoms with Crippen molar-refractivity contribution in [3.63, 3.8) is 0 Å². The lowest BCUT2D eigenvalue weighted by atomic mass is 10.3. The molecule has 0 bridgehead atoms. The Kier molecular flexibility index (Phi) is 5.46. The van der Waals surface area contributed by atoms with Gasteiger partial charge in [0.05, 0.1) is 0 Å². The number of halogens is 4.